The van der Waals surface area contributed by atoms with Crippen molar-refractivity contribution >= 4 is 23.6 Å². The minimum absolute atomic E-state index is 0.0567. The first-order valence-corrected chi connectivity index (χ1v) is 8.77. The number of carbonyl (C=O) groups is 4. The van der Waals surface area contributed by atoms with Crippen LogP contribution in [0.25, 0.3) is 0 Å². The molecule has 10 heteroatoms. The van der Waals surface area contributed by atoms with E-state index in [1.165, 1.54) is 4.90 Å². The molecule has 1 aromatic carbocycles. The lowest BCUT2D eigenvalue weighted by Crippen LogP contribution is -2.52. The van der Waals surface area contributed by atoms with Gasteiger partial charge in [0.15, 0.2) is 0 Å². The van der Waals surface area contributed by atoms with Crippen molar-refractivity contribution in [3.63, 3.8) is 0 Å². The molecule has 0 aliphatic carbocycles. The molecule has 10 nitrogen and oxygen atoms in total. The Labute approximate surface area is 159 Å². The van der Waals surface area contributed by atoms with Crippen molar-refractivity contribution in [2.75, 3.05) is 0 Å². The minimum Gasteiger partial charge on any atom is -0.345 e. The molecule has 4 rings (SSSR count). The number of carbonyl (C=O) groups excluding carboxylic acids is 4. The van der Waals surface area contributed by atoms with E-state index in [1.54, 1.807) is 19.1 Å². The van der Waals surface area contributed by atoms with Crippen molar-refractivity contribution in [2.24, 2.45) is 0 Å². The zero-order chi connectivity index (χ0) is 19.8. The summed E-state index contributed by atoms with van der Waals surface area (Å²) in [5, 5.41) is 8.50. The lowest BCUT2D eigenvalue weighted by atomic mass is 10.0. The fourth-order valence-corrected chi connectivity index (χ4v) is 3.36. The third-order valence-electron chi connectivity index (χ3n) is 4.78. The van der Waals surface area contributed by atoms with E-state index < -0.39 is 17.9 Å². The van der Waals surface area contributed by atoms with Crippen LogP contribution in [0.1, 0.15) is 50.8 Å². The van der Waals surface area contributed by atoms with Gasteiger partial charge in [-0.2, -0.15) is 4.98 Å². The molecule has 0 bridgehead atoms. The molecule has 4 amide bonds. The lowest BCUT2D eigenvalue weighted by molar-refractivity contribution is -0.136. The molecule has 2 aliphatic heterocycles. The summed E-state index contributed by atoms with van der Waals surface area (Å²) in [5.74, 6) is -1.26. The molecule has 0 spiro atoms. The van der Waals surface area contributed by atoms with Gasteiger partial charge in [-0.15, -0.1) is 0 Å². The Morgan fingerprint density at radius 3 is 2.89 bits per heavy atom. The zero-order valence-electron chi connectivity index (χ0n) is 15.0. The van der Waals surface area contributed by atoms with Gasteiger partial charge in [0, 0.05) is 32.0 Å². The summed E-state index contributed by atoms with van der Waals surface area (Å²) < 4.78 is 4.77. The van der Waals surface area contributed by atoms with Gasteiger partial charge >= 0.3 is 0 Å². The summed E-state index contributed by atoms with van der Waals surface area (Å²) in [6.45, 7) is 2.09. The second kappa shape index (κ2) is 6.87. The number of amides is 4. The number of rotatable bonds is 4. The summed E-state index contributed by atoms with van der Waals surface area (Å²) in [6.07, 6.45) is 0.529. The Bertz CT molecular complexity index is 998. The average Bonchev–Trinajstić information content (AvgIpc) is 3.24. The van der Waals surface area contributed by atoms with E-state index in [2.05, 4.69) is 20.8 Å². The minimum atomic E-state index is -0.651. The van der Waals surface area contributed by atoms with Gasteiger partial charge < -0.3 is 14.7 Å². The highest BCUT2D eigenvalue weighted by Gasteiger charge is 2.39. The monoisotopic (exact) mass is 383 g/mol. The van der Waals surface area contributed by atoms with E-state index in [1.807, 2.05) is 6.07 Å². The van der Waals surface area contributed by atoms with E-state index >= 15 is 0 Å². The number of benzene rings is 1. The molecule has 28 heavy (non-hydrogen) atoms. The molecule has 2 aliphatic rings. The highest BCUT2D eigenvalue weighted by Crippen LogP contribution is 2.28. The summed E-state index contributed by atoms with van der Waals surface area (Å²) in [6, 6.07) is 4.66. The van der Waals surface area contributed by atoms with Gasteiger partial charge in [-0.25, -0.2) is 0 Å². The van der Waals surface area contributed by atoms with Crippen LogP contribution in [0.2, 0.25) is 0 Å². The third-order valence-corrected chi connectivity index (χ3v) is 4.78. The molecular weight excluding hydrogens is 366 g/mol. The van der Waals surface area contributed by atoms with Crippen LogP contribution in [0.4, 0.5) is 0 Å². The van der Waals surface area contributed by atoms with Crippen LogP contribution in [0.5, 0.6) is 0 Å². The number of nitrogens with one attached hydrogen (secondary N) is 2. The number of fused-ring (bicyclic) bond motifs is 1. The highest BCUT2D eigenvalue weighted by molar-refractivity contribution is 6.05. The Morgan fingerprint density at radius 2 is 2.18 bits per heavy atom. The van der Waals surface area contributed by atoms with Gasteiger partial charge in [-0.1, -0.05) is 17.3 Å². The van der Waals surface area contributed by atoms with Crippen LogP contribution in [-0.4, -0.2) is 44.7 Å². The van der Waals surface area contributed by atoms with Crippen molar-refractivity contribution in [3.05, 3.63) is 46.6 Å². The fraction of sp³-hybridized carbons (Fsp3) is 0.333. The van der Waals surface area contributed by atoms with Gasteiger partial charge in [0.05, 0.1) is 0 Å². The summed E-state index contributed by atoms with van der Waals surface area (Å²) in [7, 11) is 0. The van der Waals surface area contributed by atoms with Gasteiger partial charge in [-0.3, -0.25) is 24.5 Å². The van der Waals surface area contributed by atoms with Gasteiger partial charge in [-0.05, 0) is 23.6 Å². The number of hydrogen-bond acceptors (Lipinski definition) is 7. The molecule has 3 heterocycles. The highest BCUT2D eigenvalue weighted by atomic mass is 16.5. The van der Waals surface area contributed by atoms with Crippen LogP contribution >= 0.6 is 0 Å². The Kier molecular flexibility index (Phi) is 4.38. The molecule has 2 N–H and O–H groups in total. The topological polar surface area (TPSA) is 134 Å². The van der Waals surface area contributed by atoms with E-state index in [-0.39, 0.29) is 30.6 Å². The molecular formula is C18H17N5O5. The molecule has 2 aromatic rings. The lowest BCUT2D eigenvalue weighted by Gasteiger charge is -2.29. The van der Waals surface area contributed by atoms with E-state index in [9.17, 15) is 19.2 Å². The number of aryl methyl sites for hydroxylation is 1. The standard InChI is InChI=1S/C18H17N5O5/c1-9-20-15(22-28-9)17(26)19-7-10-2-3-11-8-23(18(27)12(11)6-10)13-4-5-14(24)21-16(13)25/h2-3,6,13H,4-5,7-8H2,1H3,(H,19,26)(H,21,24,25). The van der Waals surface area contributed by atoms with Gasteiger partial charge in [0.1, 0.15) is 6.04 Å². The molecule has 1 unspecified atom stereocenters. The molecule has 1 aromatic heterocycles. The van der Waals surface area contributed by atoms with E-state index in [0.717, 1.165) is 11.1 Å². The SMILES string of the molecule is Cc1nc(C(=O)NCc2ccc3c(c2)C(=O)N(C2CCC(=O)NC2=O)C3)no1. The van der Waals surface area contributed by atoms with E-state index in [4.69, 9.17) is 4.52 Å². The maximum absolute atomic E-state index is 12.8. The van der Waals surface area contributed by atoms with Crippen molar-refractivity contribution < 1.29 is 23.7 Å². The van der Waals surface area contributed by atoms with Gasteiger partial charge in [0.25, 0.3) is 17.6 Å². The maximum atomic E-state index is 12.8. The number of aromatic nitrogens is 2. The Hall–Kier alpha value is -3.56. The van der Waals surface area contributed by atoms with Crippen molar-refractivity contribution in [1.29, 1.82) is 0 Å². The van der Waals surface area contributed by atoms with Crippen LogP contribution in [0.15, 0.2) is 22.7 Å². The van der Waals surface area contributed by atoms with Crippen LogP contribution < -0.4 is 10.6 Å². The average molecular weight is 383 g/mol. The molecule has 0 saturated carbocycles. The number of imide groups is 1. The third kappa shape index (κ3) is 3.24. The molecule has 1 saturated heterocycles. The number of piperidine rings is 1. The molecule has 0 radical (unpaired) electrons. The van der Waals surface area contributed by atoms with Gasteiger partial charge in [0.2, 0.25) is 17.7 Å². The molecule has 144 valence electrons. The Balaban J connectivity index is 1.45. The predicted molar refractivity (Wildman–Crippen MR) is 92.7 cm³/mol. The summed E-state index contributed by atoms with van der Waals surface area (Å²) in [4.78, 5) is 53.5. The quantitative estimate of drug-likeness (QED) is 0.713. The van der Waals surface area contributed by atoms with Crippen molar-refractivity contribution in [1.82, 2.24) is 25.7 Å². The maximum Gasteiger partial charge on any atom is 0.292 e. The summed E-state index contributed by atoms with van der Waals surface area (Å²) >= 11 is 0. The number of hydrogen-bond donors (Lipinski definition) is 2. The predicted octanol–water partition coefficient (Wildman–Crippen LogP) is 0.0690. The Morgan fingerprint density at radius 1 is 1.36 bits per heavy atom. The smallest absolute Gasteiger partial charge is 0.292 e. The van der Waals surface area contributed by atoms with Crippen molar-refractivity contribution in [3.8, 4) is 0 Å². The number of nitrogens with zero attached hydrogens (tertiary/aromatic N) is 3. The fourth-order valence-electron chi connectivity index (χ4n) is 3.36. The van der Waals surface area contributed by atoms with Crippen LogP contribution in [0.3, 0.4) is 0 Å². The first-order valence-electron chi connectivity index (χ1n) is 8.77. The van der Waals surface area contributed by atoms with Crippen molar-refractivity contribution in [2.45, 2.75) is 38.9 Å². The first-order chi connectivity index (χ1) is 13.4. The normalized spacial score (nSPS) is 18.8. The van der Waals surface area contributed by atoms with Crippen LogP contribution in [0, 0.1) is 6.92 Å². The summed E-state index contributed by atoms with van der Waals surface area (Å²) in [5.41, 5.74) is 2.02. The second-order valence-electron chi connectivity index (χ2n) is 6.71. The van der Waals surface area contributed by atoms with Crippen LogP contribution in [-0.2, 0) is 22.7 Å². The van der Waals surface area contributed by atoms with E-state index in [0.29, 0.717) is 24.4 Å². The molecule has 1 fully saturated rings. The largest absolute Gasteiger partial charge is 0.345 e. The first kappa shape index (κ1) is 17.8. The molecule has 1 atom stereocenters. The second-order valence-corrected chi connectivity index (χ2v) is 6.71. The zero-order valence-corrected chi connectivity index (χ0v) is 15.0.